The molecule has 5 heteroatoms. The van der Waals surface area contributed by atoms with E-state index in [4.69, 9.17) is 11.6 Å². The molecule has 2 aromatic heterocycles. The Balaban J connectivity index is 1.76. The molecule has 0 saturated carbocycles. The van der Waals surface area contributed by atoms with Crippen molar-refractivity contribution in [2.75, 3.05) is 5.32 Å². The molecule has 0 aliphatic heterocycles. The fourth-order valence-electron chi connectivity index (χ4n) is 2.16. The molecule has 0 bridgehead atoms. The van der Waals surface area contributed by atoms with Crippen LogP contribution in [-0.2, 0) is 0 Å². The summed E-state index contributed by atoms with van der Waals surface area (Å²) in [5.41, 5.74) is 3.10. The number of pyridine rings is 1. The molecule has 3 rings (SSSR count). The Labute approximate surface area is 128 Å². The number of rotatable bonds is 4. The normalized spacial score (nSPS) is 12.1. The third-order valence-corrected chi connectivity index (χ3v) is 3.63. The fraction of sp³-hybridized carbons (Fsp3) is 0.125. The Hall–Kier alpha value is -2.33. The van der Waals surface area contributed by atoms with Crippen molar-refractivity contribution in [3.05, 3.63) is 72.0 Å². The summed E-state index contributed by atoms with van der Waals surface area (Å²) in [5.74, 6) is 0. The number of hydrogen-bond donors (Lipinski definition) is 1. The number of nitrogens with zero attached hydrogens (tertiary/aromatic N) is 3. The van der Waals surface area contributed by atoms with Gasteiger partial charge in [0, 0.05) is 30.3 Å². The van der Waals surface area contributed by atoms with Crippen LogP contribution in [0.1, 0.15) is 18.5 Å². The van der Waals surface area contributed by atoms with Crippen LogP contribution in [0.15, 0.2) is 61.3 Å². The molecule has 1 aromatic carbocycles. The van der Waals surface area contributed by atoms with Gasteiger partial charge >= 0.3 is 0 Å². The molecule has 21 heavy (non-hydrogen) atoms. The van der Waals surface area contributed by atoms with E-state index in [1.165, 1.54) is 5.56 Å². The second-order valence-corrected chi connectivity index (χ2v) is 5.13. The van der Waals surface area contributed by atoms with Gasteiger partial charge in [-0.05, 0) is 36.8 Å². The zero-order valence-electron chi connectivity index (χ0n) is 11.6. The third-order valence-electron chi connectivity index (χ3n) is 3.33. The number of halogens is 1. The maximum absolute atomic E-state index is 6.06. The Morgan fingerprint density at radius 3 is 2.62 bits per heavy atom. The largest absolute Gasteiger partial charge is 0.376 e. The molecule has 0 saturated heterocycles. The lowest BCUT2D eigenvalue weighted by molar-refractivity contribution is 0.881. The van der Waals surface area contributed by atoms with Crippen LogP contribution >= 0.6 is 11.6 Å². The van der Waals surface area contributed by atoms with Crippen molar-refractivity contribution in [2.45, 2.75) is 13.0 Å². The maximum atomic E-state index is 6.06. The summed E-state index contributed by atoms with van der Waals surface area (Å²) in [6.07, 6.45) is 7.15. The van der Waals surface area contributed by atoms with Gasteiger partial charge in [0.1, 0.15) is 0 Å². The van der Waals surface area contributed by atoms with Gasteiger partial charge in [0.15, 0.2) is 5.15 Å². The molecule has 1 unspecified atom stereocenters. The van der Waals surface area contributed by atoms with Crippen LogP contribution in [0.4, 0.5) is 5.69 Å². The van der Waals surface area contributed by atoms with Gasteiger partial charge in [-0.15, -0.1) is 0 Å². The fourth-order valence-corrected chi connectivity index (χ4v) is 2.33. The van der Waals surface area contributed by atoms with Crippen molar-refractivity contribution in [1.82, 2.24) is 14.5 Å². The van der Waals surface area contributed by atoms with Gasteiger partial charge in [-0.1, -0.05) is 23.7 Å². The second-order valence-electron chi connectivity index (χ2n) is 4.77. The van der Waals surface area contributed by atoms with Gasteiger partial charge in [-0.3, -0.25) is 0 Å². The third kappa shape index (κ3) is 3.06. The van der Waals surface area contributed by atoms with Crippen LogP contribution in [0.2, 0.25) is 5.15 Å². The predicted octanol–water partition coefficient (Wildman–Crippen LogP) is 4.09. The number of anilines is 1. The minimum atomic E-state index is 0.142. The van der Waals surface area contributed by atoms with E-state index in [2.05, 4.69) is 46.5 Å². The summed E-state index contributed by atoms with van der Waals surface area (Å²) in [7, 11) is 0. The average molecular weight is 299 g/mol. The van der Waals surface area contributed by atoms with Gasteiger partial charge in [0.25, 0.3) is 0 Å². The first kappa shape index (κ1) is 13.6. The molecule has 4 nitrogen and oxygen atoms in total. The molecule has 1 N–H and O–H groups in total. The maximum Gasteiger partial charge on any atom is 0.152 e. The summed E-state index contributed by atoms with van der Waals surface area (Å²) < 4.78 is 1.97. The van der Waals surface area contributed by atoms with Crippen LogP contribution in [0, 0.1) is 0 Å². The SMILES string of the molecule is CC(Nc1cccnc1Cl)c1ccc(-n2ccnc2)cc1. The van der Waals surface area contributed by atoms with E-state index in [1.807, 2.05) is 22.9 Å². The Morgan fingerprint density at radius 2 is 1.95 bits per heavy atom. The number of nitrogens with one attached hydrogen (secondary N) is 1. The molecular weight excluding hydrogens is 284 g/mol. The van der Waals surface area contributed by atoms with E-state index in [9.17, 15) is 0 Å². The topological polar surface area (TPSA) is 42.7 Å². The highest BCUT2D eigenvalue weighted by Gasteiger charge is 2.08. The molecule has 3 aromatic rings. The zero-order valence-corrected chi connectivity index (χ0v) is 12.3. The second kappa shape index (κ2) is 5.97. The van der Waals surface area contributed by atoms with E-state index in [0.717, 1.165) is 11.4 Å². The minimum absolute atomic E-state index is 0.142. The smallest absolute Gasteiger partial charge is 0.152 e. The van der Waals surface area contributed by atoms with Crippen LogP contribution in [-0.4, -0.2) is 14.5 Å². The van der Waals surface area contributed by atoms with Crippen LogP contribution in [0.25, 0.3) is 5.69 Å². The summed E-state index contributed by atoms with van der Waals surface area (Å²) in [5, 5.41) is 3.85. The summed E-state index contributed by atoms with van der Waals surface area (Å²) in [4.78, 5) is 8.12. The predicted molar refractivity (Wildman–Crippen MR) is 84.8 cm³/mol. The Kier molecular flexibility index (Phi) is 3.88. The monoisotopic (exact) mass is 298 g/mol. The van der Waals surface area contributed by atoms with Gasteiger partial charge < -0.3 is 9.88 Å². The Morgan fingerprint density at radius 1 is 1.14 bits per heavy atom. The van der Waals surface area contributed by atoms with Gasteiger partial charge in [-0.25, -0.2) is 9.97 Å². The number of benzene rings is 1. The van der Waals surface area contributed by atoms with E-state index in [-0.39, 0.29) is 6.04 Å². The van der Waals surface area contributed by atoms with Crippen LogP contribution in [0.3, 0.4) is 0 Å². The Bertz CT molecular complexity index is 707. The van der Waals surface area contributed by atoms with Crippen molar-refractivity contribution in [3.63, 3.8) is 0 Å². The van der Waals surface area contributed by atoms with E-state index >= 15 is 0 Å². The summed E-state index contributed by atoms with van der Waals surface area (Å²) in [6.45, 7) is 2.09. The molecule has 0 aliphatic rings. The van der Waals surface area contributed by atoms with E-state index in [1.54, 1.807) is 18.7 Å². The number of aromatic nitrogens is 3. The molecule has 0 radical (unpaired) electrons. The average Bonchev–Trinajstić information content (AvgIpc) is 3.04. The first-order valence-corrected chi connectivity index (χ1v) is 7.07. The minimum Gasteiger partial charge on any atom is -0.376 e. The quantitative estimate of drug-likeness (QED) is 0.738. The molecule has 106 valence electrons. The first-order chi connectivity index (χ1) is 10.2. The van der Waals surface area contributed by atoms with Crippen molar-refractivity contribution in [2.24, 2.45) is 0 Å². The van der Waals surface area contributed by atoms with Crippen molar-refractivity contribution in [3.8, 4) is 5.69 Å². The zero-order chi connectivity index (χ0) is 14.7. The van der Waals surface area contributed by atoms with Gasteiger partial charge in [0.2, 0.25) is 0 Å². The molecule has 1 atom stereocenters. The lowest BCUT2D eigenvalue weighted by atomic mass is 10.1. The van der Waals surface area contributed by atoms with Gasteiger partial charge in [0.05, 0.1) is 12.0 Å². The molecule has 0 spiro atoms. The molecule has 0 amide bonds. The summed E-state index contributed by atoms with van der Waals surface area (Å²) >= 11 is 6.06. The molecular formula is C16H15ClN4. The highest BCUT2D eigenvalue weighted by Crippen LogP contribution is 2.24. The van der Waals surface area contributed by atoms with Crippen LogP contribution < -0.4 is 5.32 Å². The number of hydrogen-bond acceptors (Lipinski definition) is 3. The molecule has 2 heterocycles. The van der Waals surface area contributed by atoms with Crippen molar-refractivity contribution < 1.29 is 0 Å². The number of imidazole rings is 1. The van der Waals surface area contributed by atoms with Crippen molar-refractivity contribution >= 4 is 17.3 Å². The highest BCUT2D eigenvalue weighted by molar-refractivity contribution is 6.31. The summed E-state index contributed by atoms with van der Waals surface area (Å²) in [6, 6.07) is 12.3. The van der Waals surface area contributed by atoms with Gasteiger partial charge in [-0.2, -0.15) is 0 Å². The van der Waals surface area contributed by atoms with Crippen molar-refractivity contribution in [1.29, 1.82) is 0 Å². The van der Waals surface area contributed by atoms with E-state index < -0.39 is 0 Å². The first-order valence-electron chi connectivity index (χ1n) is 6.69. The van der Waals surface area contributed by atoms with E-state index in [0.29, 0.717) is 5.15 Å². The van der Waals surface area contributed by atoms with Crippen LogP contribution in [0.5, 0.6) is 0 Å². The standard InChI is InChI=1S/C16H15ClN4/c1-12(20-15-3-2-8-19-16(15)17)13-4-6-14(7-5-13)21-10-9-18-11-21/h2-12,20H,1H3. The molecule has 0 aliphatic carbocycles. The lowest BCUT2D eigenvalue weighted by Crippen LogP contribution is -2.07. The molecule has 0 fully saturated rings. The lowest BCUT2D eigenvalue weighted by Gasteiger charge is -2.16. The highest BCUT2D eigenvalue weighted by atomic mass is 35.5.